The zero-order valence-corrected chi connectivity index (χ0v) is 17.8. The highest BCUT2D eigenvalue weighted by Gasteiger charge is 2.49. The number of halogens is 1. The van der Waals surface area contributed by atoms with E-state index in [1.54, 1.807) is 29.2 Å². The molecule has 1 aromatic carbocycles. The monoisotopic (exact) mass is 444 g/mol. The fraction of sp³-hybridized carbons (Fsp3) is 0.333. The highest BCUT2D eigenvalue weighted by atomic mass is 35.5. The molecule has 4 amide bonds. The number of hydrogen-bond donors (Lipinski definition) is 1. The van der Waals surface area contributed by atoms with Gasteiger partial charge in [-0.05, 0) is 25.0 Å². The summed E-state index contributed by atoms with van der Waals surface area (Å²) in [4.78, 5) is 45.2. The van der Waals surface area contributed by atoms with E-state index >= 15 is 0 Å². The number of piperidine rings is 1. The predicted molar refractivity (Wildman–Crippen MR) is 113 cm³/mol. The molecule has 0 spiro atoms. The van der Waals surface area contributed by atoms with Crippen LogP contribution in [0.15, 0.2) is 36.5 Å². The van der Waals surface area contributed by atoms with E-state index in [0.29, 0.717) is 42.1 Å². The van der Waals surface area contributed by atoms with Gasteiger partial charge in [0.05, 0.1) is 19.9 Å². The Morgan fingerprint density at radius 2 is 1.87 bits per heavy atom. The maximum Gasteiger partial charge on any atom is 0.332 e. The summed E-state index contributed by atoms with van der Waals surface area (Å²) < 4.78 is 10.5. The highest BCUT2D eigenvalue weighted by molar-refractivity contribution is 6.29. The number of imide groups is 1. The van der Waals surface area contributed by atoms with Gasteiger partial charge in [0.1, 0.15) is 22.7 Å². The fourth-order valence-corrected chi connectivity index (χ4v) is 4.08. The van der Waals surface area contributed by atoms with Gasteiger partial charge in [-0.25, -0.2) is 14.7 Å². The number of fused-ring (bicyclic) bond motifs is 1. The number of nitrogens with zero attached hydrogens (tertiary/aromatic N) is 3. The topological polar surface area (TPSA) is 101 Å². The number of methoxy groups -OCH3 is 2. The molecule has 0 bridgehead atoms. The molecule has 1 aromatic heterocycles. The number of nitrogens with one attached hydrogen (secondary N) is 1. The fourth-order valence-electron chi connectivity index (χ4n) is 3.90. The van der Waals surface area contributed by atoms with E-state index in [4.69, 9.17) is 21.1 Å². The van der Waals surface area contributed by atoms with E-state index in [-0.39, 0.29) is 23.0 Å². The van der Waals surface area contributed by atoms with Crippen LogP contribution in [0.5, 0.6) is 11.5 Å². The van der Waals surface area contributed by atoms with Gasteiger partial charge in [0, 0.05) is 42.5 Å². The van der Waals surface area contributed by atoms with Crippen LogP contribution >= 0.6 is 11.6 Å². The van der Waals surface area contributed by atoms with Crippen molar-refractivity contribution in [2.45, 2.75) is 24.9 Å². The number of amides is 4. The van der Waals surface area contributed by atoms with Crippen molar-refractivity contribution in [3.05, 3.63) is 47.2 Å². The molecule has 2 aromatic rings. The number of carbonyl (C=O) groups excluding carboxylic acids is 3. The molecule has 2 aliphatic heterocycles. The molecule has 9 nitrogen and oxygen atoms in total. The molecule has 2 saturated heterocycles. The molecule has 2 fully saturated rings. The van der Waals surface area contributed by atoms with Crippen molar-refractivity contribution in [2.75, 3.05) is 25.7 Å². The Morgan fingerprint density at radius 1 is 1.16 bits per heavy atom. The van der Waals surface area contributed by atoms with Crippen LogP contribution in [0.3, 0.4) is 0 Å². The summed E-state index contributed by atoms with van der Waals surface area (Å²) in [5, 5.41) is 3.15. The summed E-state index contributed by atoms with van der Waals surface area (Å²) in [6.45, 7) is 0.356. The molecule has 2 aliphatic rings. The van der Waals surface area contributed by atoms with Gasteiger partial charge in [0.15, 0.2) is 0 Å². The van der Waals surface area contributed by atoms with Gasteiger partial charge < -0.3 is 19.7 Å². The van der Waals surface area contributed by atoms with Gasteiger partial charge in [0.25, 0.3) is 11.8 Å². The molecule has 1 N–H and O–H groups in total. The van der Waals surface area contributed by atoms with Crippen LogP contribution < -0.4 is 19.7 Å². The smallest absolute Gasteiger partial charge is 0.332 e. The molecule has 162 valence electrons. The van der Waals surface area contributed by atoms with E-state index in [1.807, 2.05) is 0 Å². The molecule has 0 radical (unpaired) electrons. The SMILES string of the molecule is COc1cc(OC)cc(N2C(=O)[C@H]3C[C@@H](NC(=O)c4ccnc(Cl)c4)CCN3C2=O)c1. The third-order valence-corrected chi connectivity index (χ3v) is 5.67. The average Bonchev–Trinajstić information content (AvgIpc) is 3.02. The Morgan fingerprint density at radius 3 is 2.52 bits per heavy atom. The molecular formula is C21H21ClN4O5. The maximum absolute atomic E-state index is 13.1. The zero-order chi connectivity index (χ0) is 22.1. The van der Waals surface area contributed by atoms with Crippen LogP contribution in [0.1, 0.15) is 23.2 Å². The van der Waals surface area contributed by atoms with Crippen molar-refractivity contribution in [2.24, 2.45) is 0 Å². The standard InChI is InChI=1S/C21H21ClN4O5/c1-30-15-9-14(10-16(11-15)31-2)26-20(28)17-8-13(4-6-25(17)21(26)29)24-19(27)12-3-5-23-18(22)7-12/h3,5,7,9-11,13,17H,4,6,8H2,1-2H3,(H,24,27)/t13-,17+/m0/s1. The summed E-state index contributed by atoms with van der Waals surface area (Å²) >= 11 is 5.85. The first-order chi connectivity index (χ1) is 14.9. The molecule has 2 atom stereocenters. The van der Waals surface area contributed by atoms with Gasteiger partial charge in [-0.15, -0.1) is 0 Å². The van der Waals surface area contributed by atoms with Crippen LogP contribution in [0, 0.1) is 0 Å². The second-order valence-corrected chi connectivity index (χ2v) is 7.69. The van der Waals surface area contributed by atoms with E-state index in [9.17, 15) is 14.4 Å². The van der Waals surface area contributed by atoms with Crippen LogP contribution in [0.4, 0.5) is 10.5 Å². The van der Waals surface area contributed by atoms with Gasteiger partial charge in [-0.1, -0.05) is 11.6 Å². The Bertz CT molecular complexity index is 1020. The first kappa shape index (κ1) is 20.9. The summed E-state index contributed by atoms with van der Waals surface area (Å²) in [5.41, 5.74) is 0.772. The van der Waals surface area contributed by atoms with Crippen molar-refractivity contribution in [3.8, 4) is 11.5 Å². The van der Waals surface area contributed by atoms with E-state index in [2.05, 4.69) is 10.3 Å². The largest absolute Gasteiger partial charge is 0.497 e. The lowest BCUT2D eigenvalue weighted by Gasteiger charge is -2.32. The van der Waals surface area contributed by atoms with Gasteiger partial charge in [0.2, 0.25) is 0 Å². The minimum absolute atomic E-state index is 0.225. The number of rotatable bonds is 5. The zero-order valence-electron chi connectivity index (χ0n) is 17.0. The second-order valence-electron chi connectivity index (χ2n) is 7.30. The molecule has 10 heteroatoms. The highest BCUT2D eigenvalue weighted by Crippen LogP contribution is 2.35. The van der Waals surface area contributed by atoms with Crippen molar-refractivity contribution in [1.82, 2.24) is 15.2 Å². The minimum Gasteiger partial charge on any atom is -0.497 e. The molecule has 0 unspecified atom stereocenters. The molecule has 4 rings (SSSR count). The van der Waals surface area contributed by atoms with Gasteiger partial charge in [-0.3, -0.25) is 9.59 Å². The second kappa shape index (κ2) is 8.43. The summed E-state index contributed by atoms with van der Waals surface area (Å²) in [6.07, 6.45) is 2.32. The number of hydrogen-bond acceptors (Lipinski definition) is 6. The number of ether oxygens (including phenoxy) is 2. The quantitative estimate of drug-likeness (QED) is 0.561. The molecule has 0 aliphatic carbocycles. The van der Waals surface area contributed by atoms with Crippen molar-refractivity contribution < 1.29 is 23.9 Å². The lowest BCUT2D eigenvalue weighted by Crippen LogP contribution is -2.49. The first-order valence-corrected chi connectivity index (χ1v) is 10.1. The van der Waals surface area contributed by atoms with Gasteiger partial charge in [-0.2, -0.15) is 0 Å². The number of benzene rings is 1. The molecule has 0 saturated carbocycles. The number of aromatic nitrogens is 1. The number of anilines is 1. The van der Waals surface area contributed by atoms with E-state index < -0.39 is 12.1 Å². The van der Waals surface area contributed by atoms with E-state index in [0.717, 1.165) is 4.90 Å². The average molecular weight is 445 g/mol. The Hall–Kier alpha value is -3.33. The third kappa shape index (κ3) is 4.00. The molecular weight excluding hydrogens is 424 g/mol. The maximum atomic E-state index is 13.1. The Kier molecular flexibility index (Phi) is 5.69. The first-order valence-electron chi connectivity index (χ1n) is 9.71. The van der Waals surface area contributed by atoms with Gasteiger partial charge >= 0.3 is 6.03 Å². The number of carbonyl (C=O) groups is 3. The van der Waals surface area contributed by atoms with Crippen molar-refractivity contribution >= 4 is 35.1 Å². The normalized spacial score (nSPS) is 20.5. The lowest BCUT2D eigenvalue weighted by molar-refractivity contribution is -0.120. The van der Waals surface area contributed by atoms with Crippen molar-refractivity contribution in [1.29, 1.82) is 0 Å². The van der Waals surface area contributed by atoms with Crippen molar-refractivity contribution in [3.63, 3.8) is 0 Å². The Balaban J connectivity index is 1.51. The number of pyridine rings is 1. The minimum atomic E-state index is -0.648. The lowest BCUT2D eigenvalue weighted by atomic mass is 9.97. The van der Waals surface area contributed by atoms with Crippen LogP contribution in [0.25, 0.3) is 0 Å². The molecule has 3 heterocycles. The summed E-state index contributed by atoms with van der Waals surface area (Å²) in [5.74, 6) is 0.307. The summed E-state index contributed by atoms with van der Waals surface area (Å²) in [7, 11) is 3.00. The Labute approximate surface area is 183 Å². The summed E-state index contributed by atoms with van der Waals surface area (Å²) in [6, 6.07) is 6.65. The number of urea groups is 1. The third-order valence-electron chi connectivity index (χ3n) is 5.46. The van der Waals surface area contributed by atoms with Crippen LogP contribution in [0.2, 0.25) is 5.15 Å². The predicted octanol–water partition coefficient (Wildman–Crippen LogP) is 2.48. The van der Waals surface area contributed by atoms with Crippen LogP contribution in [-0.2, 0) is 4.79 Å². The van der Waals surface area contributed by atoms with E-state index in [1.165, 1.54) is 26.5 Å². The molecule has 31 heavy (non-hydrogen) atoms. The van der Waals surface area contributed by atoms with Crippen LogP contribution in [-0.4, -0.2) is 60.6 Å².